The average molecular weight is 380 g/mol. The second kappa shape index (κ2) is 6.99. The molecular formula is C18H15F3N2O4. The van der Waals surface area contributed by atoms with Gasteiger partial charge in [-0.3, -0.25) is 9.78 Å². The Bertz CT molecular complexity index is 862. The second-order valence-electron chi connectivity index (χ2n) is 6.03. The fourth-order valence-corrected chi connectivity index (χ4v) is 2.68. The topological polar surface area (TPSA) is 77.5 Å². The van der Waals surface area contributed by atoms with E-state index in [2.05, 4.69) is 15.0 Å². The van der Waals surface area contributed by atoms with E-state index in [0.717, 1.165) is 12.1 Å². The first kappa shape index (κ1) is 18.8. The number of pyridine rings is 1. The quantitative estimate of drug-likeness (QED) is 0.825. The summed E-state index contributed by atoms with van der Waals surface area (Å²) in [5.41, 5.74) is -1.11. The third-order valence-corrected chi connectivity index (χ3v) is 4.23. The lowest BCUT2D eigenvalue weighted by atomic mass is 9.87. The van der Waals surface area contributed by atoms with Gasteiger partial charge in [0.05, 0.1) is 31.5 Å². The summed E-state index contributed by atoms with van der Waals surface area (Å²) in [6.45, 7) is 0.224. The molecule has 0 spiro atoms. The number of amides is 1. The summed E-state index contributed by atoms with van der Waals surface area (Å²) in [6, 6.07) is 7.21. The zero-order valence-electron chi connectivity index (χ0n) is 14.2. The molecule has 9 heteroatoms. The fraction of sp³-hybridized carbons (Fsp3) is 0.278. The molecule has 6 nitrogen and oxygen atoms in total. The first-order chi connectivity index (χ1) is 12.7. The van der Waals surface area contributed by atoms with Crippen molar-refractivity contribution in [3.63, 3.8) is 0 Å². The van der Waals surface area contributed by atoms with Crippen LogP contribution in [0.4, 0.5) is 13.2 Å². The van der Waals surface area contributed by atoms with Crippen LogP contribution in [0.25, 0.3) is 0 Å². The molecule has 2 aromatic rings. The fourth-order valence-electron chi connectivity index (χ4n) is 2.68. The molecular weight excluding hydrogens is 365 g/mol. The molecule has 0 atom stereocenters. The molecule has 142 valence electrons. The van der Waals surface area contributed by atoms with E-state index in [9.17, 15) is 22.8 Å². The Balaban J connectivity index is 1.82. The molecule has 0 unspecified atom stereocenters. The molecule has 1 aromatic carbocycles. The van der Waals surface area contributed by atoms with Gasteiger partial charge in [-0.1, -0.05) is 12.1 Å². The molecule has 1 aliphatic rings. The molecule has 0 bridgehead atoms. The Morgan fingerprint density at radius 2 is 1.85 bits per heavy atom. The standard InChI is InChI=1S/C18H15F3N2O4/c1-26-16(25)11-6-7-22-14(8-11)15(24)23-17(9-27-10-17)12-2-4-13(5-3-12)18(19,20)21/h2-8H,9-10H2,1H3,(H,23,24). The van der Waals surface area contributed by atoms with Gasteiger partial charge in [-0.15, -0.1) is 0 Å². The Kier molecular flexibility index (Phi) is 4.88. The first-order valence-corrected chi connectivity index (χ1v) is 7.87. The number of aromatic nitrogens is 1. The second-order valence-corrected chi connectivity index (χ2v) is 6.03. The van der Waals surface area contributed by atoms with E-state index >= 15 is 0 Å². The highest BCUT2D eigenvalue weighted by molar-refractivity contribution is 5.96. The molecule has 27 heavy (non-hydrogen) atoms. The summed E-state index contributed by atoms with van der Waals surface area (Å²) in [5.74, 6) is -1.19. The number of hydrogen-bond acceptors (Lipinski definition) is 5. The Hall–Kier alpha value is -2.94. The summed E-state index contributed by atoms with van der Waals surface area (Å²) < 4.78 is 48.0. The molecule has 1 aromatic heterocycles. The van der Waals surface area contributed by atoms with Crippen LogP contribution in [-0.4, -0.2) is 37.2 Å². The van der Waals surface area contributed by atoms with Crippen molar-refractivity contribution in [3.8, 4) is 0 Å². The van der Waals surface area contributed by atoms with E-state index < -0.39 is 29.2 Å². The van der Waals surface area contributed by atoms with Gasteiger partial charge in [0.1, 0.15) is 11.2 Å². The summed E-state index contributed by atoms with van der Waals surface area (Å²) in [7, 11) is 1.22. The number of alkyl halides is 3. The zero-order chi connectivity index (χ0) is 19.7. The predicted octanol–water partition coefficient (Wildman–Crippen LogP) is 2.54. The van der Waals surface area contributed by atoms with E-state index in [0.29, 0.717) is 5.56 Å². The maximum Gasteiger partial charge on any atom is 0.416 e. The number of carbonyl (C=O) groups excluding carboxylic acids is 2. The zero-order valence-corrected chi connectivity index (χ0v) is 14.2. The molecule has 2 heterocycles. The monoisotopic (exact) mass is 380 g/mol. The van der Waals surface area contributed by atoms with Gasteiger partial charge in [0.25, 0.3) is 5.91 Å². The lowest BCUT2D eigenvalue weighted by molar-refractivity contribution is -0.137. The molecule has 1 N–H and O–H groups in total. The van der Waals surface area contributed by atoms with Crippen molar-refractivity contribution in [2.75, 3.05) is 20.3 Å². The highest BCUT2D eigenvalue weighted by Gasteiger charge is 2.42. The summed E-state index contributed by atoms with van der Waals surface area (Å²) >= 11 is 0. The maximum atomic E-state index is 12.7. The summed E-state index contributed by atoms with van der Waals surface area (Å²) in [6.07, 6.45) is -3.15. The van der Waals surface area contributed by atoms with Gasteiger partial charge in [-0.2, -0.15) is 13.2 Å². The minimum absolute atomic E-state index is 0.0175. The maximum absolute atomic E-state index is 12.7. The number of halogens is 3. The lowest BCUT2D eigenvalue weighted by Gasteiger charge is -2.42. The summed E-state index contributed by atoms with van der Waals surface area (Å²) in [5, 5.41) is 2.75. The number of hydrogen-bond donors (Lipinski definition) is 1. The van der Waals surface area contributed by atoms with Crippen LogP contribution in [0.2, 0.25) is 0 Å². The van der Waals surface area contributed by atoms with E-state index in [1.54, 1.807) is 0 Å². The molecule has 1 saturated heterocycles. The summed E-state index contributed by atoms with van der Waals surface area (Å²) in [4.78, 5) is 28.1. The van der Waals surface area contributed by atoms with Crippen LogP contribution in [0.1, 0.15) is 32.0 Å². The highest BCUT2D eigenvalue weighted by atomic mass is 19.4. The van der Waals surface area contributed by atoms with Crippen molar-refractivity contribution >= 4 is 11.9 Å². The number of benzene rings is 1. The van der Waals surface area contributed by atoms with Crippen LogP contribution in [0.5, 0.6) is 0 Å². The van der Waals surface area contributed by atoms with Gasteiger partial charge >= 0.3 is 12.1 Å². The van der Waals surface area contributed by atoms with Crippen LogP contribution in [0.15, 0.2) is 42.6 Å². The SMILES string of the molecule is COC(=O)c1ccnc(C(=O)NC2(c3ccc(C(F)(F)F)cc3)COC2)c1. The lowest BCUT2D eigenvalue weighted by Crippen LogP contribution is -2.59. The largest absolute Gasteiger partial charge is 0.465 e. The molecule has 0 aliphatic carbocycles. The Morgan fingerprint density at radius 3 is 2.37 bits per heavy atom. The van der Waals surface area contributed by atoms with Crippen LogP contribution < -0.4 is 5.32 Å². The van der Waals surface area contributed by atoms with Gasteiger partial charge in [-0.05, 0) is 29.8 Å². The van der Waals surface area contributed by atoms with E-state index in [4.69, 9.17) is 4.74 Å². The predicted molar refractivity (Wildman–Crippen MR) is 87.0 cm³/mol. The van der Waals surface area contributed by atoms with E-state index in [-0.39, 0.29) is 24.5 Å². The van der Waals surface area contributed by atoms with Crippen molar-refractivity contribution in [3.05, 3.63) is 65.0 Å². The van der Waals surface area contributed by atoms with Crippen molar-refractivity contribution < 1.29 is 32.2 Å². The van der Waals surface area contributed by atoms with Gasteiger partial charge in [0, 0.05) is 6.20 Å². The molecule has 1 amide bonds. The number of methoxy groups -OCH3 is 1. The molecule has 1 aliphatic heterocycles. The van der Waals surface area contributed by atoms with E-state index in [1.807, 2.05) is 0 Å². The normalized spacial score (nSPS) is 15.6. The van der Waals surface area contributed by atoms with E-state index in [1.165, 1.54) is 37.6 Å². The Morgan fingerprint density at radius 1 is 1.19 bits per heavy atom. The third kappa shape index (κ3) is 3.77. The highest BCUT2D eigenvalue weighted by Crippen LogP contribution is 2.34. The minimum Gasteiger partial charge on any atom is -0.465 e. The molecule has 0 radical (unpaired) electrons. The number of carbonyl (C=O) groups is 2. The molecule has 1 fully saturated rings. The Labute approximate surface area is 152 Å². The van der Waals surface area contributed by atoms with Crippen molar-refractivity contribution in [1.29, 1.82) is 0 Å². The van der Waals surface area contributed by atoms with Crippen LogP contribution in [0, 0.1) is 0 Å². The average Bonchev–Trinajstić information content (AvgIpc) is 2.63. The van der Waals surface area contributed by atoms with Crippen molar-refractivity contribution in [2.45, 2.75) is 11.7 Å². The number of nitrogens with zero attached hydrogens (tertiary/aromatic N) is 1. The third-order valence-electron chi connectivity index (χ3n) is 4.23. The molecule has 3 rings (SSSR count). The number of esters is 1. The van der Waals surface area contributed by atoms with Crippen LogP contribution >= 0.6 is 0 Å². The minimum atomic E-state index is -4.44. The van der Waals surface area contributed by atoms with Crippen molar-refractivity contribution in [1.82, 2.24) is 10.3 Å². The van der Waals surface area contributed by atoms with Crippen molar-refractivity contribution in [2.24, 2.45) is 0 Å². The smallest absolute Gasteiger partial charge is 0.416 e. The van der Waals surface area contributed by atoms with Gasteiger partial charge < -0.3 is 14.8 Å². The first-order valence-electron chi connectivity index (χ1n) is 7.87. The van der Waals surface area contributed by atoms with Crippen LogP contribution in [-0.2, 0) is 21.2 Å². The molecule has 0 saturated carbocycles. The number of ether oxygens (including phenoxy) is 2. The number of rotatable bonds is 4. The van der Waals surface area contributed by atoms with Gasteiger partial charge in [0.15, 0.2) is 0 Å². The van der Waals surface area contributed by atoms with Gasteiger partial charge in [-0.25, -0.2) is 4.79 Å². The van der Waals surface area contributed by atoms with Gasteiger partial charge in [0.2, 0.25) is 0 Å². The number of nitrogens with one attached hydrogen (secondary N) is 1. The van der Waals surface area contributed by atoms with Crippen LogP contribution in [0.3, 0.4) is 0 Å².